The number of halogens is 1. The van der Waals surface area contributed by atoms with Gasteiger partial charge in [-0.1, -0.05) is 25.5 Å². The normalized spacial score (nSPS) is 23.2. The number of nitrogens with zero attached hydrogens (tertiary/aromatic N) is 1. The van der Waals surface area contributed by atoms with Crippen molar-refractivity contribution in [2.45, 2.75) is 38.5 Å². The number of nitrogen functional groups attached to an aromatic ring is 1. The van der Waals surface area contributed by atoms with Gasteiger partial charge in [0.2, 0.25) is 0 Å². The van der Waals surface area contributed by atoms with Crippen molar-refractivity contribution < 1.29 is 0 Å². The molecule has 92 valence electrons. The number of aromatic nitrogens is 1. The third-order valence-electron chi connectivity index (χ3n) is 3.15. The number of hydrogen-bond acceptors (Lipinski definition) is 2. The van der Waals surface area contributed by atoms with Gasteiger partial charge in [0.15, 0.2) is 0 Å². The molecule has 2 N–H and O–H groups in total. The lowest BCUT2D eigenvalue weighted by molar-refractivity contribution is 0.320. The Hall–Kier alpha value is -1.02. The van der Waals surface area contributed by atoms with Crippen molar-refractivity contribution in [3.05, 3.63) is 35.5 Å². The quantitative estimate of drug-likeness (QED) is 0.644. The second-order valence-electron chi connectivity index (χ2n) is 5.65. The minimum absolute atomic E-state index is 0.160. The maximum atomic E-state index is 6.28. The molecule has 0 radical (unpaired) electrons. The van der Waals surface area contributed by atoms with E-state index in [4.69, 9.17) is 17.3 Å². The van der Waals surface area contributed by atoms with Crippen molar-refractivity contribution in [2.75, 3.05) is 5.73 Å². The van der Waals surface area contributed by atoms with Gasteiger partial charge >= 0.3 is 0 Å². The van der Waals surface area contributed by atoms with Crippen LogP contribution >= 0.6 is 11.6 Å². The fourth-order valence-electron chi connectivity index (χ4n) is 2.58. The zero-order valence-corrected chi connectivity index (χ0v) is 11.2. The zero-order chi connectivity index (χ0) is 12.5. The highest BCUT2D eigenvalue weighted by Gasteiger charge is 2.27. The van der Waals surface area contributed by atoms with Crippen molar-refractivity contribution >= 4 is 17.4 Å². The smallest absolute Gasteiger partial charge is 0.123 e. The summed E-state index contributed by atoms with van der Waals surface area (Å²) in [4.78, 5) is 4.01. The molecule has 2 rings (SSSR count). The Bertz CT molecular complexity index is 438. The van der Waals surface area contributed by atoms with Gasteiger partial charge in [0.05, 0.1) is 5.38 Å². The van der Waals surface area contributed by atoms with E-state index < -0.39 is 0 Å². The molecule has 0 fully saturated rings. The molecule has 0 saturated heterocycles. The number of allylic oxidation sites excluding steroid dienone is 2. The van der Waals surface area contributed by atoms with E-state index in [1.54, 1.807) is 6.20 Å². The van der Waals surface area contributed by atoms with E-state index in [0.29, 0.717) is 11.2 Å². The summed E-state index contributed by atoms with van der Waals surface area (Å²) in [5.74, 6) is 0.584. The molecule has 17 heavy (non-hydrogen) atoms. The average Bonchev–Trinajstić information content (AvgIpc) is 2.13. The van der Waals surface area contributed by atoms with E-state index in [9.17, 15) is 0 Å². The SMILES string of the molecule is CC1(C)CC(Cc2ccnc(N)c2)=CC(Cl)C1. The van der Waals surface area contributed by atoms with Crippen LogP contribution in [0, 0.1) is 5.41 Å². The van der Waals surface area contributed by atoms with Gasteiger partial charge in [-0.3, -0.25) is 0 Å². The van der Waals surface area contributed by atoms with E-state index in [2.05, 4.69) is 24.9 Å². The van der Waals surface area contributed by atoms with Crippen molar-refractivity contribution in [3.8, 4) is 0 Å². The Morgan fingerprint density at radius 1 is 1.53 bits per heavy atom. The summed E-state index contributed by atoms with van der Waals surface area (Å²) in [5, 5.41) is 0.160. The third-order valence-corrected chi connectivity index (χ3v) is 3.43. The highest BCUT2D eigenvalue weighted by Crippen LogP contribution is 2.38. The minimum Gasteiger partial charge on any atom is -0.384 e. The maximum Gasteiger partial charge on any atom is 0.123 e. The predicted octanol–water partition coefficient (Wildman–Crippen LogP) is 3.56. The summed E-state index contributed by atoms with van der Waals surface area (Å²) in [5.41, 5.74) is 8.61. The van der Waals surface area contributed by atoms with Crippen molar-refractivity contribution in [1.29, 1.82) is 0 Å². The van der Waals surface area contributed by atoms with Gasteiger partial charge in [0.25, 0.3) is 0 Å². The predicted molar refractivity (Wildman–Crippen MR) is 73.1 cm³/mol. The van der Waals surface area contributed by atoms with Crippen LogP contribution in [-0.2, 0) is 6.42 Å². The van der Waals surface area contributed by atoms with E-state index in [-0.39, 0.29) is 5.38 Å². The maximum absolute atomic E-state index is 6.28. The average molecular weight is 251 g/mol. The molecule has 0 saturated carbocycles. The molecule has 1 aromatic heterocycles. The molecule has 1 aliphatic carbocycles. The first-order valence-corrected chi connectivity index (χ1v) is 6.42. The Balaban J connectivity index is 2.14. The number of nitrogens with two attached hydrogens (primary N) is 1. The molecule has 0 aromatic carbocycles. The van der Waals surface area contributed by atoms with Crippen molar-refractivity contribution in [1.82, 2.24) is 4.98 Å². The number of pyridine rings is 1. The van der Waals surface area contributed by atoms with Gasteiger partial charge < -0.3 is 5.73 Å². The molecular formula is C14H19ClN2. The number of alkyl halides is 1. The highest BCUT2D eigenvalue weighted by atomic mass is 35.5. The standard InChI is InChI=1S/C14H19ClN2/c1-14(2)8-11(6-12(15)9-14)5-10-3-4-17-13(16)7-10/h3-4,6-7,12H,5,8-9H2,1-2H3,(H2,16,17). The van der Waals surface area contributed by atoms with Gasteiger partial charge in [-0.25, -0.2) is 4.98 Å². The molecule has 1 aliphatic rings. The number of anilines is 1. The number of rotatable bonds is 2. The van der Waals surface area contributed by atoms with Gasteiger partial charge in [0, 0.05) is 6.20 Å². The highest BCUT2D eigenvalue weighted by molar-refractivity contribution is 6.21. The zero-order valence-electron chi connectivity index (χ0n) is 10.4. The molecule has 0 aliphatic heterocycles. The summed E-state index contributed by atoms with van der Waals surface area (Å²) in [6.07, 6.45) is 7.05. The molecule has 1 heterocycles. The second kappa shape index (κ2) is 4.69. The van der Waals surface area contributed by atoms with Crippen molar-refractivity contribution in [3.63, 3.8) is 0 Å². The molecule has 1 aromatic rings. The van der Waals surface area contributed by atoms with Crippen LogP contribution in [0.5, 0.6) is 0 Å². The van der Waals surface area contributed by atoms with Crippen LogP contribution in [0.4, 0.5) is 5.82 Å². The first-order chi connectivity index (χ1) is 7.94. The Labute approximate surface area is 108 Å². The van der Waals surface area contributed by atoms with Gasteiger partial charge in [-0.2, -0.15) is 0 Å². The van der Waals surface area contributed by atoms with Crippen LogP contribution in [0.2, 0.25) is 0 Å². The molecular weight excluding hydrogens is 232 g/mol. The van der Waals surface area contributed by atoms with Crippen LogP contribution in [0.3, 0.4) is 0 Å². The van der Waals surface area contributed by atoms with E-state index in [1.165, 1.54) is 11.1 Å². The Morgan fingerprint density at radius 2 is 2.29 bits per heavy atom. The van der Waals surface area contributed by atoms with Crippen LogP contribution in [0.15, 0.2) is 30.0 Å². The van der Waals surface area contributed by atoms with Crippen LogP contribution in [0.25, 0.3) is 0 Å². The van der Waals surface area contributed by atoms with E-state index in [0.717, 1.165) is 19.3 Å². The molecule has 0 spiro atoms. The molecule has 0 amide bonds. The largest absolute Gasteiger partial charge is 0.384 e. The van der Waals surface area contributed by atoms with E-state index >= 15 is 0 Å². The fourth-order valence-corrected chi connectivity index (χ4v) is 3.17. The fraction of sp³-hybridized carbons (Fsp3) is 0.500. The van der Waals surface area contributed by atoms with Crippen LogP contribution in [0.1, 0.15) is 32.3 Å². The Morgan fingerprint density at radius 3 is 2.94 bits per heavy atom. The first-order valence-electron chi connectivity index (χ1n) is 5.99. The van der Waals surface area contributed by atoms with Gasteiger partial charge in [-0.05, 0) is 42.4 Å². The van der Waals surface area contributed by atoms with E-state index in [1.807, 2.05) is 12.1 Å². The van der Waals surface area contributed by atoms with Gasteiger partial charge in [0.1, 0.15) is 5.82 Å². The van der Waals surface area contributed by atoms with Crippen molar-refractivity contribution in [2.24, 2.45) is 5.41 Å². The molecule has 0 bridgehead atoms. The van der Waals surface area contributed by atoms with Crippen LogP contribution in [-0.4, -0.2) is 10.4 Å². The summed E-state index contributed by atoms with van der Waals surface area (Å²) in [7, 11) is 0. The molecule has 1 atom stereocenters. The summed E-state index contributed by atoms with van der Waals surface area (Å²) < 4.78 is 0. The lowest BCUT2D eigenvalue weighted by atomic mass is 9.76. The van der Waals surface area contributed by atoms with Crippen LogP contribution < -0.4 is 5.73 Å². The third kappa shape index (κ3) is 3.47. The first kappa shape index (κ1) is 12.4. The summed E-state index contributed by atoms with van der Waals surface area (Å²) in [6.45, 7) is 4.55. The van der Waals surface area contributed by atoms with Gasteiger partial charge in [-0.15, -0.1) is 11.6 Å². The minimum atomic E-state index is 0.160. The monoisotopic (exact) mass is 250 g/mol. The topological polar surface area (TPSA) is 38.9 Å². The molecule has 2 nitrogen and oxygen atoms in total. The summed E-state index contributed by atoms with van der Waals surface area (Å²) in [6, 6.07) is 3.95. The Kier molecular flexibility index (Phi) is 3.43. The lowest BCUT2D eigenvalue weighted by Crippen LogP contribution is -2.22. The second-order valence-corrected chi connectivity index (χ2v) is 6.21. The molecule has 1 unspecified atom stereocenters. The summed E-state index contributed by atoms with van der Waals surface area (Å²) >= 11 is 6.28. The number of hydrogen-bond donors (Lipinski definition) is 1. The molecule has 3 heteroatoms. The lowest BCUT2D eigenvalue weighted by Gasteiger charge is -2.32.